The van der Waals surface area contributed by atoms with Crippen molar-refractivity contribution in [3.05, 3.63) is 99.2 Å². The molecule has 1 heterocycles. The number of rotatable bonds is 6. The summed E-state index contributed by atoms with van der Waals surface area (Å²) < 4.78 is 1.89. The van der Waals surface area contributed by atoms with E-state index in [1.807, 2.05) is 48.1 Å². The number of benzene rings is 3. The highest BCUT2D eigenvalue weighted by Gasteiger charge is 2.24. The van der Waals surface area contributed by atoms with Crippen LogP contribution in [0.4, 0.5) is 0 Å². The van der Waals surface area contributed by atoms with Gasteiger partial charge in [0.25, 0.3) is 5.91 Å². The number of halogens is 1. The lowest BCUT2D eigenvalue weighted by Crippen LogP contribution is -2.27. The molecule has 1 aromatic heterocycles. The first kappa shape index (κ1) is 22.2. The average Bonchev–Trinajstić information content (AvgIpc) is 3.47. The van der Waals surface area contributed by atoms with Gasteiger partial charge >= 0.3 is 5.97 Å². The molecule has 1 aliphatic rings. The van der Waals surface area contributed by atoms with Crippen molar-refractivity contribution in [1.82, 2.24) is 15.1 Å². The first-order chi connectivity index (χ1) is 16.4. The van der Waals surface area contributed by atoms with E-state index in [4.69, 9.17) is 16.7 Å². The monoisotopic (exact) mass is 473 g/mol. The lowest BCUT2D eigenvalue weighted by Gasteiger charge is -2.17. The van der Waals surface area contributed by atoms with Crippen molar-refractivity contribution in [2.24, 2.45) is 0 Å². The molecular weight excluding hydrogens is 450 g/mol. The van der Waals surface area contributed by atoms with Crippen LogP contribution in [0.1, 0.15) is 62.4 Å². The number of aromatic nitrogens is 2. The minimum atomic E-state index is -0.974. The summed E-state index contributed by atoms with van der Waals surface area (Å²) in [5.41, 5.74) is 6.04. The standard InChI is InChI=1S/C27H24ClN3O3/c1-16(18-7-9-19(10-8-18)27(33)34)30-26(32)23-13-20-3-2-4-22(20)24-14-29-31(25(23)24)15-17-5-11-21(28)12-6-17/h5-14,16H,2-4,15H2,1H3,(H,30,32)(H,33,34)/t16-/m0/s1. The summed E-state index contributed by atoms with van der Waals surface area (Å²) >= 11 is 6.04. The maximum Gasteiger partial charge on any atom is 0.335 e. The van der Waals surface area contributed by atoms with Gasteiger partial charge in [0.15, 0.2) is 0 Å². The van der Waals surface area contributed by atoms with Crippen LogP contribution >= 0.6 is 11.6 Å². The van der Waals surface area contributed by atoms with E-state index in [1.165, 1.54) is 11.1 Å². The van der Waals surface area contributed by atoms with E-state index in [2.05, 4.69) is 10.4 Å². The molecule has 0 aliphatic heterocycles. The number of hydrogen-bond acceptors (Lipinski definition) is 3. The number of hydrogen-bond donors (Lipinski definition) is 2. The number of amides is 1. The second-order valence-electron chi connectivity index (χ2n) is 8.73. The lowest BCUT2D eigenvalue weighted by molar-refractivity contribution is 0.0696. The number of fused-ring (bicyclic) bond motifs is 3. The van der Waals surface area contributed by atoms with Crippen LogP contribution < -0.4 is 5.32 Å². The Hall–Kier alpha value is -3.64. The van der Waals surface area contributed by atoms with Crippen molar-refractivity contribution in [2.45, 2.75) is 38.8 Å². The van der Waals surface area contributed by atoms with Crippen LogP contribution in [0, 0.1) is 0 Å². The fourth-order valence-corrected chi connectivity index (χ4v) is 4.82. The van der Waals surface area contributed by atoms with Crippen molar-refractivity contribution in [3.8, 4) is 0 Å². The third-order valence-electron chi connectivity index (χ3n) is 6.49. The van der Waals surface area contributed by atoms with E-state index in [-0.39, 0.29) is 17.5 Å². The molecule has 0 saturated heterocycles. The Balaban J connectivity index is 1.49. The van der Waals surface area contributed by atoms with Crippen molar-refractivity contribution in [1.29, 1.82) is 0 Å². The number of carbonyl (C=O) groups is 2. The first-order valence-electron chi connectivity index (χ1n) is 11.3. The molecule has 4 aromatic rings. The SMILES string of the molecule is C[C@H](NC(=O)c1cc2c(c3cnn(Cc4ccc(Cl)cc4)c13)CCC2)c1ccc(C(=O)O)cc1. The van der Waals surface area contributed by atoms with Gasteiger partial charge in [0.2, 0.25) is 0 Å². The Labute approximate surface area is 202 Å². The number of aromatic carboxylic acids is 1. The number of nitrogens with zero attached hydrogens (tertiary/aromatic N) is 2. The Morgan fingerprint density at radius 2 is 1.85 bits per heavy atom. The fourth-order valence-electron chi connectivity index (χ4n) is 4.69. The molecule has 0 bridgehead atoms. The number of aryl methyl sites for hydroxylation is 2. The highest BCUT2D eigenvalue weighted by molar-refractivity contribution is 6.30. The zero-order valence-corrected chi connectivity index (χ0v) is 19.5. The van der Waals surface area contributed by atoms with Crippen LogP contribution in [0.15, 0.2) is 60.8 Å². The largest absolute Gasteiger partial charge is 0.478 e. The van der Waals surface area contributed by atoms with Crippen molar-refractivity contribution in [3.63, 3.8) is 0 Å². The van der Waals surface area contributed by atoms with Gasteiger partial charge in [0, 0.05) is 10.4 Å². The maximum atomic E-state index is 13.5. The number of carboxylic acid groups (broad SMARTS) is 1. The topological polar surface area (TPSA) is 84.2 Å². The summed E-state index contributed by atoms with van der Waals surface area (Å²) in [5.74, 6) is -1.15. The van der Waals surface area contributed by atoms with Gasteiger partial charge in [-0.25, -0.2) is 4.79 Å². The van der Waals surface area contributed by atoms with Crippen molar-refractivity contribution < 1.29 is 14.7 Å². The molecule has 0 radical (unpaired) electrons. The van der Waals surface area contributed by atoms with E-state index in [0.29, 0.717) is 17.1 Å². The molecule has 0 fully saturated rings. The Morgan fingerprint density at radius 3 is 2.56 bits per heavy atom. The first-order valence-corrected chi connectivity index (χ1v) is 11.7. The molecule has 1 aliphatic carbocycles. The number of carboxylic acids is 1. The molecule has 2 N–H and O–H groups in total. The third kappa shape index (κ3) is 4.17. The molecule has 1 amide bonds. The van der Waals surface area contributed by atoms with Gasteiger partial charge in [-0.3, -0.25) is 9.48 Å². The van der Waals surface area contributed by atoms with Crippen LogP contribution in [0.5, 0.6) is 0 Å². The van der Waals surface area contributed by atoms with E-state index >= 15 is 0 Å². The smallest absolute Gasteiger partial charge is 0.335 e. The molecule has 0 saturated carbocycles. The predicted molar refractivity (Wildman–Crippen MR) is 132 cm³/mol. The summed E-state index contributed by atoms with van der Waals surface area (Å²) in [4.78, 5) is 24.6. The Kier molecular flexibility index (Phi) is 5.84. The minimum Gasteiger partial charge on any atom is -0.478 e. The predicted octanol–water partition coefficient (Wildman–Crippen LogP) is 5.42. The van der Waals surface area contributed by atoms with Gasteiger partial charge in [0.1, 0.15) is 0 Å². The van der Waals surface area contributed by atoms with Crippen LogP contribution in [0.2, 0.25) is 5.02 Å². The van der Waals surface area contributed by atoms with Gasteiger partial charge in [-0.2, -0.15) is 5.10 Å². The molecule has 0 spiro atoms. The van der Waals surface area contributed by atoms with Crippen LogP contribution in [0.3, 0.4) is 0 Å². The normalized spacial score (nSPS) is 13.6. The van der Waals surface area contributed by atoms with Gasteiger partial charge in [-0.15, -0.1) is 0 Å². The Bertz CT molecular complexity index is 1390. The van der Waals surface area contributed by atoms with Gasteiger partial charge in [-0.1, -0.05) is 35.9 Å². The van der Waals surface area contributed by atoms with Crippen LogP contribution in [-0.2, 0) is 19.4 Å². The van der Waals surface area contributed by atoms with E-state index in [9.17, 15) is 9.59 Å². The van der Waals surface area contributed by atoms with E-state index < -0.39 is 5.97 Å². The molecule has 0 unspecified atom stereocenters. The fraction of sp³-hybridized carbons (Fsp3) is 0.222. The van der Waals surface area contributed by atoms with Crippen LogP contribution in [-0.4, -0.2) is 26.8 Å². The summed E-state index contributed by atoms with van der Waals surface area (Å²) in [6, 6.07) is 15.9. The highest BCUT2D eigenvalue weighted by atomic mass is 35.5. The maximum absolute atomic E-state index is 13.5. The van der Waals surface area contributed by atoms with Crippen molar-refractivity contribution >= 4 is 34.4 Å². The van der Waals surface area contributed by atoms with E-state index in [0.717, 1.165) is 41.3 Å². The third-order valence-corrected chi connectivity index (χ3v) is 6.75. The summed E-state index contributed by atoms with van der Waals surface area (Å²) in [5, 5.41) is 18.6. The molecule has 172 valence electrons. The highest BCUT2D eigenvalue weighted by Crippen LogP contribution is 2.33. The van der Waals surface area contributed by atoms with Gasteiger partial charge in [0.05, 0.1) is 35.4 Å². The minimum absolute atomic E-state index is 0.174. The van der Waals surface area contributed by atoms with Gasteiger partial charge < -0.3 is 10.4 Å². The zero-order chi connectivity index (χ0) is 23.8. The lowest BCUT2D eigenvalue weighted by atomic mass is 9.99. The van der Waals surface area contributed by atoms with Gasteiger partial charge in [-0.05, 0) is 78.8 Å². The van der Waals surface area contributed by atoms with Crippen molar-refractivity contribution in [2.75, 3.05) is 0 Å². The Morgan fingerprint density at radius 1 is 1.12 bits per heavy atom. The average molecular weight is 474 g/mol. The zero-order valence-electron chi connectivity index (χ0n) is 18.7. The molecule has 6 nitrogen and oxygen atoms in total. The molecular formula is C27H24ClN3O3. The number of carbonyl (C=O) groups excluding carboxylic acids is 1. The molecule has 7 heteroatoms. The second-order valence-corrected chi connectivity index (χ2v) is 9.17. The molecule has 34 heavy (non-hydrogen) atoms. The van der Waals surface area contributed by atoms with E-state index in [1.54, 1.807) is 24.3 Å². The molecule has 5 rings (SSSR count). The summed E-state index contributed by atoms with van der Waals surface area (Å²) in [6.45, 7) is 2.43. The quantitative estimate of drug-likeness (QED) is 0.392. The number of nitrogens with one attached hydrogen (secondary N) is 1. The second kappa shape index (κ2) is 8.95. The summed E-state index contributed by atoms with van der Waals surface area (Å²) in [6.07, 6.45) is 4.90. The molecule has 3 aromatic carbocycles. The summed E-state index contributed by atoms with van der Waals surface area (Å²) in [7, 11) is 0. The van der Waals surface area contributed by atoms with Crippen LogP contribution in [0.25, 0.3) is 10.9 Å². The molecule has 1 atom stereocenters.